The van der Waals surface area contributed by atoms with E-state index in [0.717, 1.165) is 44.5 Å². The molecule has 0 unspecified atom stereocenters. The Kier molecular flexibility index (Phi) is 3.53. The molecular weight excluding hydrogens is 396 g/mol. The van der Waals surface area contributed by atoms with Crippen molar-refractivity contribution in [3.05, 3.63) is 65.5 Å². The van der Waals surface area contributed by atoms with Gasteiger partial charge in [-0.25, -0.2) is 9.97 Å². The number of rotatable bonds is 3. The van der Waals surface area contributed by atoms with Crippen LogP contribution in [0.5, 0.6) is 11.5 Å². The third-order valence-corrected chi connectivity index (χ3v) is 4.57. The number of aromatic nitrogens is 3. The van der Waals surface area contributed by atoms with Crippen molar-refractivity contribution in [2.45, 2.75) is 0 Å². The Balaban J connectivity index is 1.66. The molecule has 26 heavy (non-hydrogen) atoms. The summed E-state index contributed by atoms with van der Waals surface area (Å²) in [5.74, 6) is 2.34. The lowest BCUT2D eigenvalue weighted by Gasteiger charge is -2.10. The lowest BCUT2D eigenvalue weighted by Crippen LogP contribution is -1.97. The van der Waals surface area contributed by atoms with Gasteiger partial charge in [0.05, 0.1) is 6.20 Å². The molecule has 1 aliphatic heterocycles. The first-order chi connectivity index (χ1) is 12.8. The molecule has 0 spiro atoms. The molecule has 7 heteroatoms. The smallest absolute Gasteiger partial charge is 0.231 e. The molecule has 5 rings (SSSR count). The van der Waals surface area contributed by atoms with Crippen molar-refractivity contribution in [1.29, 1.82) is 0 Å². The quantitative estimate of drug-likeness (QED) is 0.535. The number of ether oxygens (including phenoxy) is 2. The molecule has 0 fully saturated rings. The van der Waals surface area contributed by atoms with Crippen LogP contribution in [0.1, 0.15) is 0 Å². The molecule has 6 nitrogen and oxygen atoms in total. The van der Waals surface area contributed by atoms with Crippen molar-refractivity contribution in [2.75, 3.05) is 12.1 Å². The Morgan fingerprint density at radius 3 is 2.77 bits per heavy atom. The van der Waals surface area contributed by atoms with Crippen LogP contribution in [0.25, 0.3) is 16.9 Å². The second kappa shape index (κ2) is 6.03. The topological polar surface area (TPSA) is 60.7 Å². The summed E-state index contributed by atoms with van der Waals surface area (Å²) >= 11 is 3.43. The minimum Gasteiger partial charge on any atom is -0.454 e. The summed E-state index contributed by atoms with van der Waals surface area (Å²) in [4.78, 5) is 9.03. The normalized spacial score (nSPS) is 12.5. The molecule has 128 valence electrons. The van der Waals surface area contributed by atoms with Crippen molar-refractivity contribution in [2.24, 2.45) is 0 Å². The van der Waals surface area contributed by atoms with E-state index >= 15 is 0 Å². The Morgan fingerprint density at radius 1 is 1.04 bits per heavy atom. The van der Waals surface area contributed by atoms with Gasteiger partial charge in [-0.3, -0.25) is 4.40 Å². The summed E-state index contributed by atoms with van der Waals surface area (Å²) in [6.07, 6.45) is 3.63. The lowest BCUT2D eigenvalue weighted by atomic mass is 10.1. The fraction of sp³-hybridized carbons (Fsp3) is 0.0526. The van der Waals surface area contributed by atoms with Crippen LogP contribution in [-0.4, -0.2) is 21.2 Å². The van der Waals surface area contributed by atoms with Gasteiger partial charge in [-0.2, -0.15) is 0 Å². The van der Waals surface area contributed by atoms with Gasteiger partial charge >= 0.3 is 0 Å². The monoisotopic (exact) mass is 408 g/mol. The Hall–Kier alpha value is -3.06. The molecule has 2 aromatic heterocycles. The molecule has 0 aliphatic carbocycles. The zero-order chi connectivity index (χ0) is 17.5. The van der Waals surface area contributed by atoms with E-state index in [1.165, 1.54) is 0 Å². The Labute approximate surface area is 157 Å². The molecule has 4 aromatic rings. The van der Waals surface area contributed by atoms with E-state index in [0.29, 0.717) is 0 Å². The maximum Gasteiger partial charge on any atom is 0.231 e. The third-order valence-electron chi connectivity index (χ3n) is 4.16. The van der Waals surface area contributed by atoms with Gasteiger partial charge < -0.3 is 14.8 Å². The zero-order valence-electron chi connectivity index (χ0n) is 13.5. The van der Waals surface area contributed by atoms with Crippen molar-refractivity contribution in [1.82, 2.24) is 14.4 Å². The van der Waals surface area contributed by atoms with Crippen molar-refractivity contribution in [3.63, 3.8) is 0 Å². The molecule has 1 aliphatic rings. The molecule has 0 saturated heterocycles. The number of nitrogens with zero attached hydrogens (tertiary/aromatic N) is 3. The highest BCUT2D eigenvalue weighted by atomic mass is 79.9. The van der Waals surface area contributed by atoms with Gasteiger partial charge in [0.25, 0.3) is 0 Å². The summed E-state index contributed by atoms with van der Waals surface area (Å²) in [5.41, 5.74) is 3.52. The first-order valence-corrected chi connectivity index (χ1v) is 8.83. The van der Waals surface area contributed by atoms with Gasteiger partial charge in [-0.05, 0) is 28.1 Å². The van der Waals surface area contributed by atoms with E-state index in [1.807, 2.05) is 59.1 Å². The molecule has 3 heterocycles. The number of imidazole rings is 1. The number of hydrogen-bond donors (Lipinski definition) is 1. The summed E-state index contributed by atoms with van der Waals surface area (Å²) < 4.78 is 13.6. The molecule has 1 N–H and O–H groups in total. The molecule has 0 atom stereocenters. The first-order valence-electron chi connectivity index (χ1n) is 8.04. The highest BCUT2D eigenvalue weighted by Gasteiger charge is 2.17. The number of hydrogen-bond acceptors (Lipinski definition) is 5. The van der Waals surface area contributed by atoms with Gasteiger partial charge in [0.2, 0.25) is 6.79 Å². The highest BCUT2D eigenvalue weighted by Crippen LogP contribution is 2.37. The highest BCUT2D eigenvalue weighted by molar-refractivity contribution is 9.10. The van der Waals surface area contributed by atoms with Crippen LogP contribution in [0.15, 0.2) is 65.5 Å². The van der Waals surface area contributed by atoms with Crippen LogP contribution in [-0.2, 0) is 0 Å². The molecule has 0 bridgehead atoms. The minimum absolute atomic E-state index is 0.252. The zero-order valence-corrected chi connectivity index (χ0v) is 15.1. The Bertz CT molecular complexity index is 1110. The minimum atomic E-state index is 0.252. The van der Waals surface area contributed by atoms with E-state index in [1.54, 1.807) is 6.20 Å². The van der Waals surface area contributed by atoms with Gasteiger partial charge in [-0.15, -0.1) is 0 Å². The van der Waals surface area contributed by atoms with Crippen LogP contribution in [0, 0.1) is 0 Å². The number of benzene rings is 2. The van der Waals surface area contributed by atoms with Crippen LogP contribution < -0.4 is 14.8 Å². The summed E-state index contributed by atoms with van der Waals surface area (Å²) in [6.45, 7) is 0.252. The Morgan fingerprint density at radius 2 is 1.88 bits per heavy atom. The predicted octanol–water partition coefficient (Wildman–Crippen LogP) is 4.63. The average molecular weight is 409 g/mol. The third kappa shape index (κ3) is 2.57. The van der Waals surface area contributed by atoms with Gasteiger partial charge in [0, 0.05) is 23.5 Å². The van der Waals surface area contributed by atoms with Crippen molar-refractivity contribution >= 4 is 33.1 Å². The van der Waals surface area contributed by atoms with Gasteiger partial charge in [0.15, 0.2) is 17.1 Å². The molecular formula is C19H13BrN4O2. The first kappa shape index (κ1) is 15.2. The van der Waals surface area contributed by atoms with Crippen LogP contribution in [0.3, 0.4) is 0 Å². The lowest BCUT2D eigenvalue weighted by molar-refractivity contribution is 0.174. The van der Waals surface area contributed by atoms with Crippen molar-refractivity contribution < 1.29 is 9.47 Å². The second-order valence-electron chi connectivity index (χ2n) is 5.81. The van der Waals surface area contributed by atoms with Crippen LogP contribution in [0.4, 0.5) is 11.5 Å². The van der Waals surface area contributed by atoms with E-state index in [2.05, 4.69) is 26.2 Å². The average Bonchev–Trinajstić information content (AvgIpc) is 3.27. The fourth-order valence-electron chi connectivity index (χ4n) is 2.96. The molecule has 0 radical (unpaired) electrons. The fourth-order valence-corrected chi connectivity index (χ4v) is 3.27. The number of anilines is 2. The summed E-state index contributed by atoms with van der Waals surface area (Å²) in [7, 11) is 0. The summed E-state index contributed by atoms with van der Waals surface area (Å²) in [6, 6.07) is 15.8. The number of fused-ring (bicyclic) bond motifs is 2. The largest absolute Gasteiger partial charge is 0.454 e. The molecule has 2 aromatic carbocycles. The molecule has 0 amide bonds. The standard InChI is InChI=1S/C19H13BrN4O2/c20-16-10-24-17(9-21-16)23-18(12-4-2-1-3-5-12)19(24)22-13-6-7-14-15(8-13)26-11-25-14/h1-10,22H,11H2. The number of nitrogens with one attached hydrogen (secondary N) is 1. The van der Waals surface area contributed by atoms with E-state index in [9.17, 15) is 0 Å². The molecule has 0 saturated carbocycles. The number of halogens is 1. The van der Waals surface area contributed by atoms with E-state index in [-0.39, 0.29) is 6.79 Å². The van der Waals surface area contributed by atoms with Gasteiger partial charge in [0.1, 0.15) is 16.1 Å². The maximum absolute atomic E-state index is 5.48. The van der Waals surface area contributed by atoms with Crippen LogP contribution >= 0.6 is 15.9 Å². The summed E-state index contributed by atoms with van der Waals surface area (Å²) in [5, 5.41) is 3.47. The van der Waals surface area contributed by atoms with E-state index in [4.69, 9.17) is 14.5 Å². The predicted molar refractivity (Wildman–Crippen MR) is 102 cm³/mol. The van der Waals surface area contributed by atoms with E-state index < -0.39 is 0 Å². The van der Waals surface area contributed by atoms with Crippen molar-refractivity contribution in [3.8, 4) is 22.8 Å². The van der Waals surface area contributed by atoms with Crippen LogP contribution in [0.2, 0.25) is 0 Å². The van der Waals surface area contributed by atoms with Gasteiger partial charge in [-0.1, -0.05) is 30.3 Å². The maximum atomic E-state index is 5.48. The SMILES string of the molecule is Brc1cn2c(Nc3ccc4c(c3)OCO4)c(-c3ccccc3)nc2cn1. The second-order valence-corrected chi connectivity index (χ2v) is 6.62.